The molecular weight excluding hydrogens is 440 g/mol. The maximum absolute atomic E-state index is 13.0. The van der Waals surface area contributed by atoms with Crippen molar-refractivity contribution in [3.8, 4) is 0 Å². The minimum absolute atomic E-state index is 0.0527. The SMILES string of the molecule is CCC(C)C(NC(=O)C(Cc1cnc[nH]1)NC(=O)C(N)CS)C(=O)NC(C(=O)O)C(C)O. The van der Waals surface area contributed by atoms with Crippen LogP contribution in [0.1, 0.15) is 32.9 Å². The summed E-state index contributed by atoms with van der Waals surface area (Å²) >= 11 is 3.98. The Labute approximate surface area is 191 Å². The molecule has 0 aliphatic carbocycles. The zero-order chi connectivity index (χ0) is 24.4. The van der Waals surface area contributed by atoms with Gasteiger partial charge in [-0.05, 0) is 12.8 Å². The Hall–Kier alpha value is -2.64. The van der Waals surface area contributed by atoms with Crippen molar-refractivity contribution in [3.05, 3.63) is 18.2 Å². The predicted molar refractivity (Wildman–Crippen MR) is 119 cm³/mol. The van der Waals surface area contributed by atoms with E-state index in [1.807, 2.05) is 0 Å². The lowest BCUT2D eigenvalue weighted by Crippen LogP contribution is -2.60. The second kappa shape index (κ2) is 13.0. The molecule has 0 aliphatic rings. The van der Waals surface area contributed by atoms with Gasteiger partial charge in [-0.2, -0.15) is 12.6 Å². The summed E-state index contributed by atoms with van der Waals surface area (Å²) in [5.41, 5.74) is 6.25. The number of hydrogen-bond donors (Lipinski definition) is 8. The molecule has 0 aromatic carbocycles. The number of nitrogens with two attached hydrogens (primary N) is 1. The van der Waals surface area contributed by atoms with Gasteiger partial charge < -0.3 is 36.9 Å². The quantitative estimate of drug-likeness (QED) is 0.153. The van der Waals surface area contributed by atoms with E-state index in [-0.39, 0.29) is 18.1 Å². The zero-order valence-corrected chi connectivity index (χ0v) is 19.1. The van der Waals surface area contributed by atoms with Crippen LogP contribution in [0.2, 0.25) is 0 Å². The van der Waals surface area contributed by atoms with Crippen LogP contribution in [0.25, 0.3) is 0 Å². The first-order valence-corrected chi connectivity index (χ1v) is 10.8. The molecule has 1 aromatic heterocycles. The standard InChI is InChI=1S/C19H32N6O6S/c1-4-9(2)14(18(29)25-15(10(3)26)19(30)31)24-17(28)13(5-11-6-21-8-22-11)23-16(27)12(20)7-32/h6,8-10,12-15,26,32H,4-5,7,20H2,1-3H3,(H,21,22)(H,23,27)(H,24,28)(H,25,29)(H,30,31). The number of thiol groups is 1. The molecule has 0 saturated carbocycles. The van der Waals surface area contributed by atoms with Gasteiger partial charge in [0.15, 0.2) is 6.04 Å². The van der Waals surface area contributed by atoms with Crippen molar-refractivity contribution in [1.29, 1.82) is 0 Å². The number of nitrogens with one attached hydrogen (secondary N) is 4. The molecule has 0 radical (unpaired) electrons. The highest BCUT2D eigenvalue weighted by Crippen LogP contribution is 2.10. The van der Waals surface area contributed by atoms with Crippen molar-refractivity contribution in [1.82, 2.24) is 25.9 Å². The van der Waals surface area contributed by atoms with Crippen LogP contribution in [0, 0.1) is 5.92 Å². The lowest BCUT2D eigenvalue weighted by molar-refractivity contribution is -0.145. The highest BCUT2D eigenvalue weighted by molar-refractivity contribution is 7.80. The van der Waals surface area contributed by atoms with E-state index >= 15 is 0 Å². The maximum Gasteiger partial charge on any atom is 0.328 e. The van der Waals surface area contributed by atoms with Gasteiger partial charge in [-0.3, -0.25) is 14.4 Å². The van der Waals surface area contributed by atoms with E-state index < -0.39 is 54.0 Å². The zero-order valence-electron chi connectivity index (χ0n) is 18.2. The minimum Gasteiger partial charge on any atom is -0.480 e. The average Bonchev–Trinajstić information content (AvgIpc) is 3.26. The van der Waals surface area contributed by atoms with Gasteiger partial charge in [-0.15, -0.1) is 0 Å². The number of aliphatic carboxylic acids is 1. The van der Waals surface area contributed by atoms with Gasteiger partial charge in [-0.1, -0.05) is 20.3 Å². The Kier molecular flexibility index (Phi) is 11.2. The normalized spacial score (nSPS) is 16.7. The van der Waals surface area contributed by atoms with Crippen molar-refractivity contribution in [2.75, 3.05) is 5.75 Å². The maximum atomic E-state index is 13.0. The van der Waals surface area contributed by atoms with Crippen LogP contribution in [0.5, 0.6) is 0 Å². The molecular formula is C19H32N6O6S. The van der Waals surface area contributed by atoms with E-state index in [1.54, 1.807) is 13.8 Å². The van der Waals surface area contributed by atoms with Crippen LogP contribution in [0.4, 0.5) is 0 Å². The van der Waals surface area contributed by atoms with Gasteiger partial charge in [0.1, 0.15) is 12.1 Å². The van der Waals surface area contributed by atoms with Crippen molar-refractivity contribution in [3.63, 3.8) is 0 Å². The molecule has 0 aliphatic heterocycles. The summed E-state index contributed by atoms with van der Waals surface area (Å²) in [6, 6.07) is -4.67. The van der Waals surface area contributed by atoms with E-state index in [0.717, 1.165) is 0 Å². The Morgan fingerprint density at radius 1 is 1.12 bits per heavy atom. The summed E-state index contributed by atoms with van der Waals surface area (Å²) in [5, 5.41) is 26.3. The first kappa shape index (κ1) is 27.4. The van der Waals surface area contributed by atoms with Gasteiger partial charge in [-0.25, -0.2) is 9.78 Å². The van der Waals surface area contributed by atoms with Gasteiger partial charge in [0.2, 0.25) is 17.7 Å². The highest BCUT2D eigenvalue weighted by Gasteiger charge is 2.34. The number of carboxylic acids is 1. The molecule has 0 spiro atoms. The van der Waals surface area contributed by atoms with Gasteiger partial charge >= 0.3 is 5.97 Å². The fourth-order valence-corrected chi connectivity index (χ4v) is 2.94. The third kappa shape index (κ3) is 8.13. The fraction of sp³-hybridized carbons (Fsp3) is 0.632. The second-order valence-electron chi connectivity index (χ2n) is 7.57. The van der Waals surface area contributed by atoms with E-state index in [9.17, 15) is 29.4 Å². The number of carboxylic acid groups (broad SMARTS) is 1. The molecule has 1 aromatic rings. The van der Waals surface area contributed by atoms with Crippen molar-refractivity contribution in [2.45, 2.75) is 63.9 Å². The Balaban J connectivity index is 3.06. The molecule has 3 amide bonds. The van der Waals surface area contributed by atoms with E-state index in [1.165, 1.54) is 19.4 Å². The summed E-state index contributed by atoms with van der Waals surface area (Å²) in [6.07, 6.45) is 2.11. The van der Waals surface area contributed by atoms with Gasteiger partial charge in [0.25, 0.3) is 0 Å². The molecule has 0 fully saturated rings. The van der Waals surface area contributed by atoms with Crippen LogP contribution in [0.15, 0.2) is 12.5 Å². The van der Waals surface area contributed by atoms with Crippen molar-refractivity contribution < 1.29 is 29.4 Å². The summed E-state index contributed by atoms with van der Waals surface area (Å²) in [5.74, 6) is -3.73. The molecule has 0 saturated heterocycles. The topological polar surface area (TPSA) is 200 Å². The molecule has 0 bridgehead atoms. The molecule has 1 heterocycles. The van der Waals surface area contributed by atoms with Gasteiger partial charge in [0.05, 0.1) is 18.5 Å². The second-order valence-corrected chi connectivity index (χ2v) is 7.93. The summed E-state index contributed by atoms with van der Waals surface area (Å²) in [6.45, 7) is 4.74. The number of carbonyl (C=O) groups excluding carboxylic acids is 3. The predicted octanol–water partition coefficient (Wildman–Crippen LogP) is -1.82. The van der Waals surface area contributed by atoms with Crippen LogP contribution in [-0.4, -0.2) is 79.9 Å². The Bertz CT molecular complexity index is 774. The number of rotatable bonds is 13. The van der Waals surface area contributed by atoms with Gasteiger partial charge in [0, 0.05) is 24.1 Å². The Morgan fingerprint density at radius 3 is 2.22 bits per heavy atom. The van der Waals surface area contributed by atoms with Crippen LogP contribution in [-0.2, 0) is 25.6 Å². The largest absolute Gasteiger partial charge is 0.480 e. The molecule has 180 valence electrons. The monoisotopic (exact) mass is 472 g/mol. The molecule has 12 nitrogen and oxygen atoms in total. The van der Waals surface area contributed by atoms with Crippen LogP contribution in [0.3, 0.4) is 0 Å². The molecule has 13 heteroatoms. The number of aromatic amines is 1. The number of imidazole rings is 1. The molecule has 32 heavy (non-hydrogen) atoms. The summed E-state index contributed by atoms with van der Waals surface area (Å²) in [4.78, 5) is 56.1. The lowest BCUT2D eigenvalue weighted by Gasteiger charge is -2.28. The van der Waals surface area contributed by atoms with Crippen molar-refractivity contribution >= 4 is 36.3 Å². The van der Waals surface area contributed by atoms with E-state index in [2.05, 4.69) is 38.5 Å². The number of H-pyrrole nitrogens is 1. The van der Waals surface area contributed by atoms with Crippen molar-refractivity contribution in [2.24, 2.45) is 11.7 Å². The smallest absolute Gasteiger partial charge is 0.328 e. The lowest BCUT2D eigenvalue weighted by atomic mass is 9.97. The molecule has 8 N–H and O–H groups in total. The first-order valence-electron chi connectivity index (χ1n) is 10.2. The van der Waals surface area contributed by atoms with E-state index in [4.69, 9.17) is 5.73 Å². The first-order chi connectivity index (χ1) is 15.0. The number of aliphatic hydroxyl groups is 1. The number of nitrogens with zero attached hydrogens (tertiary/aromatic N) is 1. The fourth-order valence-electron chi connectivity index (χ4n) is 2.77. The number of amides is 3. The highest BCUT2D eigenvalue weighted by atomic mass is 32.1. The third-order valence-corrected chi connectivity index (χ3v) is 5.38. The Morgan fingerprint density at radius 2 is 1.75 bits per heavy atom. The molecule has 1 rings (SSSR count). The average molecular weight is 473 g/mol. The minimum atomic E-state index is -1.54. The molecule has 6 unspecified atom stereocenters. The third-order valence-electron chi connectivity index (χ3n) is 4.98. The van der Waals surface area contributed by atoms with Crippen LogP contribution < -0.4 is 21.7 Å². The van der Waals surface area contributed by atoms with E-state index in [0.29, 0.717) is 12.1 Å². The summed E-state index contributed by atoms with van der Waals surface area (Å²) in [7, 11) is 0. The molecule has 6 atom stereocenters. The number of hydrogen-bond acceptors (Lipinski definition) is 8. The summed E-state index contributed by atoms with van der Waals surface area (Å²) < 4.78 is 0. The van der Waals surface area contributed by atoms with Crippen LogP contribution >= 0.6 is 12.6 Å². The number of aliphatic hydroxyl groups excluding tert-OH is 1. The number of aromatic nitrogens is 2. The number of carbonyl (C=O) groups is 4.